The Morgan fingerprint density at radius 1 is 1.02 bits per heavy atom. The lowest BCUT2D eigenvalue weighted by Crippen LogP contribution is -2.53. The second-order valence-corrected chi connectivity index (χ2v) is 9.55. The normalized spacial score (nSPS) is 18.7. The molecule has 4 heterocycles. The van der Waals surface area contributed by atoms with Crippen LogP contribution in [-0.4, -0.2) is 77.4 Å². The maximum absolute atomic E-state index is 12.6. The molecular weight excluding hydrogens is 572 g/mol. The highest BCUT2D eigenvalue weighted by molar-refractivity contribution is 5.73. The van der Waals surface area contributed by atoms with E-state index in [1.807, 2.05) is 32.0 Å². The second-order valence-electron chi connectivity index (χ2n) is 9.55. The van der Waals surface area contributed by atoms with Crippen LogP contribution in [0.3, 0.4) is 0 Å². The number of hydrogen-bond donors (Lipinski definition) is 2. The van der Waals surface area contributed by atoms with Crippen LogP contribution in [0.25, 0.3) is 0 Å². The van der Waals surface area contributed by atoms with Crippen molar-refractivity contribution >= 4 is 11.9 Å². The zero-order valence-corrected chi connectivity index (χ0v) is 21.8. The largest absolute Gasteiger partial charge is 0.490 e. The highest BCUT2D eigenvalue weighted by Crippen LogP contribution is 2.31. The number of carbonyl (C=O) groups is 2. The predicted molar refractivity (Wildman–Crippen MR) is 127 cm³/mol. The number of aliphatic carboxylic acids is 2. The fourth-order valence-corrected chi connectivity index (χ4v) is 3.90. The zero-order valence-electron chi connectivity index (χ0n) is 21.8. The number of fused-ring (bicyclic) bond motifs is 1. The molecular formula is C23H27F6N5O7. The Bertz CT molecular complexity index is 1300. The van der Waals surface area contributed by atoms with Gasteiger partial charge in [-0.15, -0.1) is 0 Å². The van der Waals surface area contributed by atoms with Gasteiger partial charge in [-0.3, -0.25) is 24.0 Å². The third-order valence-electron chi connectivity index (χ3n) is 5.69. The van der Waals surface area contributed by atoms with Crippen molar-refractivity contribution in [1.29, 1.82) is 0 Å². The Morgan fingerprint density at radius 3 is 2.10 bits per heavy atom. The predicted octanol–water partition coefficient (Wildman–Crippen LogP) is 1.90. The molecule has 2 aliphatic rings. The molecule has 18 heteroatoms. The first kappa shape index (κ1) is 33.4. The molecule has 0 amide bonds. The summed E-state index contributed by atoms with van der Waals surface area (Å²) in [6.07, 6.45) is -7.55. The summed E-state index contributed by atoms with van der Waals surface area (Å²) in [7, 11) is 0. The summed E-state index contributed by atoms with van der Waals surface area (Å²) in [5.41, 5.74) is -0.468. The Morgan fingerprint density at radius 2 is 1.61 bits per heavy atom. The average molecular weight is 599 g/mol. The Hall–Kier alpha value is -3.80. The van der Waals surface area contributed by atoms with Gasteiger partial charge in [0, 0.05) is 32.4 Å². The maximum Gasteiger partial charge on any atom is 0.490 e. The van der Waals surface area contributed by atoms with Gasteiger partial charge in [-0.25, -0.2) is 14.3 Å². The van der Waals surface area contributed by atoms with Crippen molar-refractivity contribution in [3.05, 3.63) is 56.6 Å². The second kappa shape index (κ2) is 13.2. The van der Waals surface area contributed by atoms with E-state index in [2.05, 4.69) is 15.0 Å². The summed E-state index contributed by atoms with van der Waals surface area (Å²) < 4.78 is 72.4. The monoisotopic (exact) mass is 599 g/mol. The number of pyridine rings is 1. The van der Waals surface area contributed by atoms with E-state index in [9.17, 15) is 35.9 Å². The Labute approximate surface area is 227 Å². The quantitative estimate of drug-likeness (QED) is 0.393. The molecule has 0 aliphatic carbocycles. The number of nitrogens with zero attached hydrogens (tertiary/aromatic N) is 5. The molecule has 1 spiro atoms. The van der Waals surface area contributed by atoms with Gasteiger partial charge in [0.1, 0.15) is 12.2 Å². The van der Waals surface area contributed by atoms with E-state index in [1.54, 1.807) is 6.20 Å². The highest BCUT2D eigenvalue weighted by atomic mass is 19.4. The van der Waals surface area contributed by atoms with Gasteiger partial charge >= 0.3 is 35.4 Å². The number of alkyl halides is 6. The molecule has 2 aliphatic heterocycles. The van der Waals surface area contributed by atoms with Crippen LogP contribution in [0.15, 0.2) is 34.0 Å². The van der Waals surface area contributed by atoms with E-state index in [-0.39, 0.29) is 12.5 Å². The zero-order chi connectivity index (χ0) is 31.2. The third-order valence-corrected chi connectivity index (χ3v) is 5.69. The molecule has 0 bridgehead atoms. The average Bonchev–Trinajstić information content (AvgIpc) is 3.24. The van der Waals surface area contributed by atoms with Crippen LogP contribution in [-0.2, 0) is 40.6 Å². The van der Waals surface area contributed by atoms with Gasteiger partial charge in [0.05, 0.1) is 12.2 Å². The van der Waals surface area contributed by atoms with Crippen LogP contribution in [0.1, 0.15) is 31.8 Å². The number of hydrogen-bond acceptors (Lipinski definition) is 8. The molecule has 1 fully saturated rings. The topological polar surface area (TPSA) is 157 Å². The maximum atomic E-state index is 12.6. The lowest BCUT2D eigenvalue weighted by Gasteiger charge is -2.35. The molecule has 2 aromatic rings. The van der Waals surface area contributed by atoms with Gasteiger partial charge in [-0.05, 0) is 24.5 Å². The number of likely N-dealkylation sites (tertiary alicyclic amines) is 1. The molecule has 2 N–H and O–H groups in total. The van der Waals surface area contributed by atoms with Crippen molar-refractivity contribution in [2.24, 2.45) is 5.92 Å². The molecule has 2 aromatic heterocycles. The van der Waals surface area contributed by atoms with E-state index in [4.69, 9.17) is 24.5 Å². The molecule has 1 atom stereocenters. The molecule has 0 saturated carbocycles. The van der Waals surface area contributed by atoms with Crippen molar-refractivity contribution in [2.75, 3.05) is 13.1 Å². The minimum Gasteiger partial charge on any atom is -0.475 e. The first-order valence-corrected chi connectivity index (χ1v) is 11.9. The van der Waals surface area contributed by atoms with Crippen molar-refractivity contribution < 1.29 is 50.9 Å². The van der Waals surface area contributed by atoms with E-state index >= 15 is 0 Å². The summed E-state index contributed by atoms with van der Waals surface area (Å²) in [5, 5.41) is 18.6. The fourth-order valence-electron chi connectivity index (χ4n) is 3.90. The van der Waals surface area contributed by atoms with Crippen LogP contribution < -0.4 is 11.1 Å². The van der Waals surface area contributed by atoms with Gasteiger partial charge < -0.3 is 14.9 Å². The van der Waals surface area contributed by atoms with Gasteiger partial charge in [0.2, 0.25) is 0 Å². The fraction of sp³-hybridized carbons (Fsp3) is 0.565. The molecule has 1 unspecified atom stereocenters. The summed E-state index contributed by atoms with van der Waals surface area (Å²) >= 11 is 0. The van der Waals surface area contributed by atoms with Crippen molar-refractivity contribution in [2.45, 2.75) is 64.5 Å². The molecule has 4 rings (SSSR count). The molecule has 228 valence electrons. The Kier molecular flexibility index (Phi) is 10.8. The standard InChI is InChI=1S/C19H25N5O3.2C2HF3O2/c1-14(2)9-24-18(26)17(25)23-13-19(27-11-16(23)21-24)6-8-22(12-19)10-15-5-3-4-7-20-15;2*3-2(4,5)1(6)7/h3-5,7,14H,6,8-13H2,1-2H3;2*(H,6,7). The van der Waals surface area contributed by atoms with Gasteiger partial charge in [0.25, 0.3) is 0 Å². The van der Waals surface area contributed by atoms with Crippen LogP contribution in [0.4, 0.5) is 26.3 Å². The smallest absolute Gasteiger partial charge is 0.475 e. The molecule has 0 radical (unpaired) electrons. The summed E-state index contributed by atoms with van der Waals surface area (Å²) in [4.78, 5) is 49.5. The van der Waals surface area contributed by atoms with E-state index in [0.29, 0.717) is 25.5 Å². The first-order valence-electron chi connectivity index (χ1n) is 11.9. The summed E-state index contributed by atoms with van der Waals surface area (Å²) in [5.74, 6) is -4.74. The minimum atomic E-state index is -5.08. The molecule has 1 saturated heterocycles. The molecule has 41 heavy (non-hydrogen) atoms. The number of aromatic nitrogens is 4. The van der Waals surface area contributed by atoms with Gasteiger partial charge in [-0.2, -0.15) is 31.4 Å². The number of carboxylic acids is 2. The van der Waals surface area contributed by atoms with Crippen molar-refractivity contribution in [3.63, 3.8) is 0 Å². The Balaban J connectivity index is 0.000000349. The molecule has 12 nitrogen and oxygen atoms in total. The highest BCUT2D eigenvalue weighted by Gasteiger charge is 2.43. The number of halogens is 6. The van der Waals surface area contributed by atoms with E-state index in [0.717, 1.165) is 25.2 Å². The van der Waals surface area contributed by atoms with E-state index < -0.39 is 41.0 Å². The van der Waals surface area contributed by atoms with E-state index in [1.165, 1.54) is 9.25 Å². The number of rotatable bonds is 4. The SMILES string of the molecule is CC(C)Cn1nc2n(c(=O)c1=O)CC1(CCN(Cc3ccccn3)C1)OC2.O=C(O)C(F)(F)F.O=C(O)C(F)(F)F. The van der Waals surface area contributed by atoms with Crippen molar-refractivity contribution in [3.8, 4) is 0 Å². The van der Waals surface area contributed by atoms with Crippen molar-refractivity contribution in [1.82, 2.24) is 24.2 Å². The summed E-state index contributed by atoms with van der Waals surface area (Å²) in [6.45, 7) is 7.39. The summed E-state index contributed by atoms with van der Waals surface area (Å²) in [6, 6.07) is 5.89. The van der Waals surface area contributed by atoms with Gasteiger partial charge in [-0.1, -0.05) is 19.9 Å². The number of carboxylic acid groups (broad SMARTS) is 2. The van der Waals surface area contributed by atoms with Crippen LogP contribution in [0, 0.1) is 5.92 Å². The first-order chi connectivity index (χ1) is 18.8. The molecule has 0 aromatic carbocycles. The minimum absolute atomic E-state index is 0.239. The van der Waals surface area contributed by atoms with Crippen LogP contribution in [0.5, 0.6) is 0 Å². The lowest BCUT2D eigenvalue weighted by molar-refractivity contribution is -0.193. The van der Waals surface area contributed by atoms with Crippen LogP contribution in [0.2, 0.25) is 0 Å². The van der Waals surface area contributed by atoms with Gasteiger partial charge in [0.15, 0.2) is 5.82 Å². The van der Waals surface area contributed by atoms with Crippen LogP contribution >= 0.6 is 0 Å². The third kappa shape index (κ3) is 9.66. The number of ether oxygens (including phenoxy) is 1. The lowest BCUT2D eigenvalue weighted by atomic mass is 10.0.